The number of aliphatic hydroxyl groups is 1. The van der Waals surface area contributed by atoms with Crippen molar-refractivity contribution in [3.63, 3.8) is 0 Å². The number of carbonyl (C=O) groups excluding carboxylic acids is 1. The van der Waals surface area contributed by atoms with Crippen LogP contribution in [-0.4, -0.2) is 23.2 Å². The lowest BCUT2D eigenvalue weighted by Crippen LogP contribution is -2.45. The van der Waals surface area contributed by atoms with Crippen LogP contribution in [-0.2, 0) is 0 Å². The molecule has 5 heteroatoms. The number of anilines is 1. The summed E-state index contributed by atoms with van der Waals surface area (Å²) in [5.41, 5.74) is 5.96. The van der Waals surface area contributed by atoms with Crippen molar-refractivity contribution < 1.29 is 9.90 Å². The summed E-state index contributed by atoms with van der Waals surface area (Å²) < 4.78 is 0.702. The Bertz CT molecular complexity index is 507. The molecule has 110 valence electrons. The molecule has 4 nitrogen and oxygen atoms in total. The van der Waals surface area contributed by atoms with Gasteiger partial charge in [-0.2, -0.15) is 0 Å². The minimum Gasteiger partial charge on any atom is -0.399 e. The van der Waals surface area contributed by atoms with Gasteiger partial charge in [0.25, 0.3) is 5.91 Å². The fourth-order valence-electron chi connectivity index (χ4n) is 2.85. The Morgan fingerprint density at radius 1 is 1.60 bits per heavy atom. The second-order valence-electron chi connectivity index (χ2n) is 5.85. The molecule has 0 aromatic heterocycles. The first kappa shape index (κ1) is 15.3. The van der Waals surface area contributed by atoms with Crippen LogP contribution in [0.3, 0.4) is 0 Å². The minimum absolute atomic E-state index is 0.212. The zero-order chi connectivity index (χ0) is 14.8. The van der Waals surface area contributed by atoms with E-state index in [-0.39, 0.29) is 12.5 Å². The fraction of sp³-hybridized carbons (Fsp3) is 0.533. The third-order valence-electron chi connectivity index (χ3n) is 3.88. The third-order valence-corrected chi connectivity index (χ3v) is 4.57. The summed E-state index contributed by atoms with van der Waals surface area (Å²) in [6.07, 6.45) is 3.65. The van der Waals surface area contributed by atoms with E-state index in [1.165, 1.54) is 0 Å². The molecule has 0 radical (unpaired) electrons. The van der Waals surface area contributed by atoms with E-state index in [1.807, 2.05) is 0 Å². The van der Waals surface area contributed by atoms with Gasteiger partial charge in [0.15, 0.2) is 0 Å². The monoisotopic (exact) mass is 340 g/mol. The Kier molecular flexibility index (Phi) is 4.70. The van der Waals surface area contributed by atoms with E-state index in [2.05, 4.69) is 28.2 Å². The average Bonchev–Trinajstić information content (AvgIpc) is 2.39. The van der Waals surface area contributed by atoms with Crippen molar-refractivity contribution in [1.82, 2.24) is 5.32 Å². The number of nitrogens with one attached hydrogen (secondary N) is 1. The predicted molar refractivity (Wildman–Crippen MR) is 83.5 cm³/mol. The standard InChI is InChI=1S/C15H21BrN2O2/c1-10-3-2-6-15(20,8-10)9-18-14(19)12-7-11(17)4-5-13(12)16/h4-5,7,10,20H,2-3,6,8-9,17H2,1H3,(H,18,19). The molecular weight excluding hydrogens is 320 g/mol. The summed E-state index contributed by atoms with van der Waals surface area (Å²) in [6, 6.07) is 5.12. The molecule has 4 N–H and O–H groups in total. The van der Waals surface area contributed by atoms with Crippen LogP contribution in [0.15, 0.2) is 22.7 Å². The first-order chi connectivity index (χ1) is 9.39. The molecule has 0 bridgehead atoms. The topological polar surface area (TPSA) is 75.3 Å². The number of benzene rings is 1. The fourth-order valence-corrected chi connectivity index (χ4v) is 3.28. The van der Waals surface area contributed by atoms with Crippen LogP contribution in [0.5, 0.6) is 0 Å². The second-order valence-corrected chi connectivity index (χ2v) is 6.70. The molecule has 1 amide bonds. The van der Waals surface area contributed by atoms with Gasteiger partial charge in [0, 0.05) is 16.7 Å². The molecule has 1 aromatic carbocycles. The highest BCUT2D eigenvalue weighted by Gasteiger charge is 2.33. The minimum atomic E-state index is -0.778. The number of halogens is 1. The highest BCUT2D eigenvalue weighted by Crippen LogP contribution is 2.31. The number of carbonyl (C=O) groups is 1. The molecule has 1 fully saturated rings. The molecule has 0 saturated heterocycles. The molecule has 1 aliphatic rings. The Labute approximate surface area is 127 Å². The Morgan fingerprint density at radius 2 is 2.35 bits per heavy atom. The quantitative estimate of drug-likeness (QED) is 0.740. The molecule has 1 aromatic rings. The summed E-state index contributed by atoms with van der Waals surface area (Å²) in [5, 5.41) is 13.3. The van der Waals surface area contributed by atoms with Crippen LogP contribution >= 0.6 is 15.9 Å². The number of hydrogen-bond acceptors (Lipinski definition) is 3. The maximum atomic E-state index is 12.2. The lowest BCUT2D eigenvalue weighted by Gasteiger charge is -2.35. The Morgan fingerprint density at radius 3 is 3.05 bits per heavy atom. The SMILES string of the molecule is CC1CCCC(O)(CNC(=O)c2cc(N)ccc2Br)C1. The molecule has 2 unspecified atom stereocenters. The lowest BCUT2D eigenvalue weighted by molar-refractivity contribution is -0.0109. The van der Waals surface area contributed by atoms with Crippen molar-refractivity contribution in [3.8, 4) is 0 Å². The van der Waals surface area contributed by atoms with E-state index in [0.717, 1.165) is 25.7 Å². The molecule has 0 heterocycles. The number of amides is 1. The average molecular weight is 341 g/mol. The number of hydrogen-bond donors (Lipinski definition) is 3. The molecule has 1 aliphatic carbocycles. The van der Waals surface area contributed by atoms with Crippen molar-refractivity contribution >= 4 is 27.5 Å². The van der Waals surface area contributed by atoms with E-state index >= 15 is 0 Å². The lowest BCUT2D eigenvalue weighted by atomic mass is 9.79. The van der Waals surface area contributed by atoms with Gasteiger partial charge in [-0.15, -0.1) is 0 Å². The molecular formula is C15H21BrN2O2. The van der Waals surface area contributed by atoms with Gasteiger partial charge in [-0.05, 0) is 52.9 Å². The first-order valence-corrected chi connectivity index (χ1v) is 7.74. The summed E-state index contributed by atoms with van der Waals surface area (Å²) in [4.78, 5) is 12.2. The summed E-state index contributed by atoms with van der Waals surface area (Å²) in [5.74, 6) is 0.292. The van der Waals surface area contributed by atoms with E-state index in [1.54, 1.807) is 18.2 Å². The van der Waals surface area contributed by atoms with Crippen LogP contribution in [0.1, 0.15) is 43.0 Å². The Hall–Kier alpha value is -1.07. The van der Waals surface area contributed by atoms with Gasteiger partial charge in [0.2, 0.25) is 0 Å². The van der Waals surface area contributed by atoms with Crippen molar-refractivity contribution in [3.05, 3.63) is 28.2 Å². The van der Waals surface area contributed by atoms with E-state index in [0.29, 0.717) is 21.6 Å². The number of nitrogens with two attached hydrogens (primary N) is 1. The molecule has 2 atom stereocenters. The predicted octanol–water partition coefficient (Wildman–Crippen LogP) is 2.70. The van der Waals surface area contributed by atoms with Crippen LogP contribution in [0.4, 0.5) is 5.69 Å². The normalized spacial score (nSPS) is 26.2. The highest BCUT2D eigenvalue weighted by atomic mass is 79.9. The van der Waals surface area contributed by atoms with Crippen LogP contribution in [0.2, 0.25) is 0 Å². The maximum Gasteiger partial charge on any atom is 0.252 e. The van der Waals surface area contributed by atoms with Gasteiger partial charge in [-0.3, -0.25) is 4.79 Å². The smallest absolute Gasteiger partial charge is 0.252 e. The Balaban J connectivity index is 1.99. The van der Waals surface area contributed by atoms with E-state index in [9.17, 15) is 9.90 Å². The van der Waals surface area contributed by atoms with Gasteiger partial charge in [-0.25, -0.2) is 0 Å². The van der Waals surface area contributed by atoms with Gasteiger partial charge in [-0.1, -0.05) is 19.8 Å². The zero-order valence-corrected chi connectivity index (χ0v) is 13.2. The van der Waals surface area contributed by atoms with Crippen molar-refractivity contribution in [2.24, 2.45) is 5.92 Å². The van der Waals surface area contributed by atoms with Crippen LogP contribution in [0, 0.1) is 5.92 Å². The summed E-state index contributed by atoms with van der Waals surface area (Å²) in [7, 11) is 0. The molecule has 20 heavy (non-hydrogen) atoms. The van der Waals surface area contributed by atoms with Crippen molar-refractivity contribution in [2.75, 3.05) is 12.3 Å². The maximum absolute atomic E-state index is 12.2. The number of rotatable bonds is 3. The largest absolute Gasteiger partial charge is 0.399 e. The molecule has 1 saturated carbocycles. The van der Waals surface area contributed by atoms with E-state index in [4.69, 9.17) is 5.73 Å². The highest BCUT2D eigenvalue weighted by molar-refractivity contribution is 9.10. The molecule has 2 rings (SSSR count). The first-order valence-electron chi connectivity index (χ1n) is 6.95. The van der Waals surface area contributed by atoms with Gasteiger partial charge < -0.3 is 16.2 Å². The zero-order valence-electron chi connectivity index (χ0n) is 11.7. The van der Waals surface area contributed by atoms with Crippen LogP contribution < -0.4 is 11.1 Å². The van der Waals surface area contributed by atoms with Gasteiger partial charge >= 0.3 is 0 Å². The summed E-state index contributed by atoms with van der Waals surface area (Å²) >= 11 is 3.34. The van der Waals surface area contributed by atoms with Gasteiger partial charge in [0.05, 0.1) is 11.2 Å². The van der Waals surface area contributed by atoms with E-state index < -0.39 is 5.60 Å². The van der Waals surface area contributed by atoms with Crippen LogP contribution in [0.25, 0.3) is 0 Å². The molecule has 0 aliphatic heterocycles. The third kappa shape index (κ3) is 3.73. The molecule has 0 spiro atoms. The number of nitrogen functional groups attached to an aromatic ring is 1. The van der Waals surface area contributed by atoms with Crippen molar-refractivity contribution in [1.29, 1.82) is 0 Å². The second kappa shape index (κ2) is 6.14. The van der Waals surface area contributed by atoms with Gasteiger partial charge in [0.1, 0.15) is 0 Å². The van der Waals surface area contributed by atoms with Crippen molar-refractivity contribution in [2.45, 2.75) is 38.2 Å². The summed E-state index contributed by atoms with van der Waals surface area (Å²) in [6.45, 7) is 2.43.